The second-order valence-corrected chi connectivity index (χ2v) is 8.14. The molecule has 0 unspecified atom stereocenters. The fourth-order valence-corrected chi connectivity index (χ4v) is 3.26. The molecule has 3 rings (SSSR count). The van der Waals surface area contributed by atoms with Crippen LogP contribution in [0.25, 0.3) is 0 Å². The zero-order valence-electron chi connectivity index (χ0n) is 16.2. The molecule has 2 N–H and O–H groups in total. The minimum Gasteiger partial charge on any atom is -0.457 e. The number of nitrogens with one attached hydrogen (secondary N) is 1. The van der Waals surface area contributed by atoms with Crippen LogP contribution < -0.4 is 10.1 Å². The molecule has 0 atom stereocenters. The zero-order chi connectivity index (χ0) is 19.5. The molecule has 0 saturated carbocycles. The number of hydrogen-bond acceptors (Lipinski definition) is 3. The number of piperidine rings is 1. The molecule has 0 bridgehead atoms. The first kappa shape index (κ1) is 19.2. The number of anilines is 1. The molecular weight excluding hydrogens is 340 g/mol. The Balaban J connectivity index is 1.54. The van der Waals surface area contributed by atoms with Gasteiger partial charge in [-0.3, -0.25) is 0 Å². The molecule has 2 aromatic carbocycles. The quantitative estimate of drug-likeness (QED) is 0.811. The lowest BCUT2D eigenvalue weighted by Gasteiger charge is -2.46. The van der Waals surface area contributed by atoms with Crippen molar-refractivity contribution in [2.75, 3.05) is 18.4 Å². The Hall–Kier alpha value is -2.53. The van der Waals surface area contributed by atoms with Gasteiger partial charge in [0.2, 0.25) is 0 Å². The first-order valence-corrected chi connectivity index (χ1v) is 9.38. The summed E-state index contributed by atoms with van der Waals surface area (Å²) < 4.78 is 5.76. The van der Waals surface area contributed by atoms with E-state index in [-0.39, 0.29) is 11.4 Å². The van der Waals surface area contributed by atoms with Crippen molar-refractivity contribution in [2.24, 2.45) is 5.41 Å². The molecule has 1 fully saturated rings. The van der Waals surface area contributed by atoms with Crippen LogP contribution in [0.5, 0.6) is 11.5 Å². The van der Waals surface area contributed by atoms with Crippen LogP contribution in [-0.4, -0.2) is 34.7 Å². The zero-order valence-corrected chi connectivity index (χ0v) is 16.2. The van der Waals surface area contributed by atoms with Crippen LogP contribution in [0.3, 0.4) is 0 Å². The van der Waals surface area contributed by atoms with Gasteiger partial charge in [-0.25, -0.2) is 4.79 Å². The van der Waals surface area contributed by atoms with Crippen LogP contribution in [0.4, 0.5) is 10.5 Å². The Kier molecular flexibility index (Phi) is 5.42. The van der Waals surface area contributed by atoms with E-state index in [0.717, 1.165) is 11.4 Å². The number of nitrogens with zero attached hydrogens (tertiary/aromatic N) is 1. The molecule has 0 spiro atoms. The normalized spacial score (nSPS) is 16.7. The van der Waals surface area contributed by atoms with Crippen LogP contribution in [0.1, 0.15) is 33.6 Å². The molecule has 1 saturated heterocycles. The van der Waals surface area contributed by atoms with E-state index in [4.69, 9.17) is 4.74 Å². The lowest BCUT2D eigenvalue weighted by molar-refractivity contribution is -0.0925. The largest absolute Gasteiger partial charge is 0.457 e. The van der Waals surface area contributed by atoms with Crippen molar-refractivity contribution in [1.29, 1.82) is 0 Å². The average molecular weight is 368 g/mol. The summed E-state index contributed by atoms with van der Waals surface area (Å²) in [6, 6.07) is 16.7. The molecule has 27 heavy (non-hydrogen) atoms. The number of urea groups is 1. The number of ether oxygens (including phenoxy) is 1. The van der Waals surface area contributed by atoms with E-state index in [9.17, 15) is 9.90 Å². The Morgan fingerprint density at radius 1 is 1.00 bits per heavy atom. The first-order valence-electron chi connectivity index (χ1n) is 9.38. The van der Waals surface area contributed by atoms with Crippen molar-refractivity contribution in [3.8, 4) is 11.5 Å². The Bertz CT molecular complexity index is 758. The number of rotatable bonds is 3. The number of para-hydroxylation sites is 1. The fraction of sp³-hybridized carbons (Fsp3) is 0.409. The van der Waals surface area contributed by atoms with Crippen LogP contribution in [-0.2, 0) is 0 Å². The van der Waals surface area contributed by atoms with E-state index in [1.54, 1.807) is 4.90 Å². The van der Waals surface area contributed by atoms with Crippen molar-refractivity contribution in [2.45, 2.75) is 39.2 Å². The van der Waals surface area contributed by atoms with E-state index in [1.165, 1.54) is 0 Å². The SMILES string of the molecule is CC(C)(C)C1(O)CCN(C(=O)Nc2ccc(Oc3ccccc3)cc2)CC1. The van der Waals surface area contributed by atoms with Gasteiger partial charge in [-0.15, -0.1) is 0 Å². The number of carbonyl (C=O) groups excluding carboxylic acids is 1. The monoisotopic (exact) mass is 368 g/mol. The highest BCUT2D eigenvalue weighted by atomic mass is 16.5. The molecule has 2 aromatic rings. The second-order valence-electron chi connectivity index (χ2n) is 8.14. The van der Waals surface area contributed by atoms with Gasteiger partial charge >= 0.3 is 6.03 Å². The van der Waals surface area contributed by atoms with E-state index in [1.807, 2.05) is 75.4 Å². The fourth-order valence-electron chi connectivity index (χ4n) is 3.26. The summed E-state index contributed by atoms with van der Waals surface area (Å²) in [6.07, 6.45) is 1.18. The van der Waals surface area contributed by atoms with E-state index >= 15 is 0 Å². The van der Waals surface area contributed by atoms with Crippen molar-refractivity contribution in [3.63, 3.8) is 0 Å². The predicted octanol–water partition coefficient (Wildman–Crippen LogP) is 4.88. The summed E-state index contributed by atoms with van der Waals surface area (Å²) in [6.45, 7) is 7.23. The van der Waals surface area contributed by atoms with Gasteiger partial charge in [0.25, 0.3) is 0 Å². The molecule has 1 aliphatic rings. The third kappa shape index (κ3) is 4.61. The van der Waals surface area contributed by atoms with Crippen molar-refractivity contribution >= 4 is 11.7 Å². The van der Waals surface area contributed by atoms with Gasteiger partial charge in [-0.05, 0) is 54.7 Å². The molecule has 1 heterocycles. The highest BCUT2D eigenvalue weighted by Gasteiger charge is 2.43. The standard InChI is InChI=1S/C22H28N2O3/c1-21(2,3)22(26)13-15-24(16-14-22)20(25)23-17-9-11-19(12-10-17)27-18-7-5-4-6-8-18/h4-12,26H,13-16H2,1-3H3,(H,23,25). The van der Waals surface area contributed by atoms with Gasteiger partial charge in [0.05, 0.1) is 5.60 Å². The third-order valence-corrected chi connectivity index (χ3v) is 5.36. The highest BCUT2D eigenvalue weighted by molar-refractivity contribution is 5.89. The summed E-state index contributed by atoms with van der Waals surface area (Å²) >= 11 is 0. The molecular formula is C22H28N2O3. The molecule has 5 nitrogen and oxygen atoms in total. The molecule has 0 aromatic heterocycles. The maximum Gasteiger partial charge on any atom is 0.321 e. The number of carbonyl (C=O) groups is 1. The third-order valence-electron chi connectivity index (χ3n) is 5.36. The number of hydrogen-bond donors (Lipinski definition) is 2. The number of aliphatic hydroxyl groups is 1. The molecule has 0 aliphatic carbocycles. The summed E-state index contributed by atoms with van der Waals surface area (Å²) in [5.41, 5.74) is -0.193. The molecule has 5 heteroatoms. The maximum atomic E-state index is 12.5. The van der Waals surface area contributed by atoms with Crippen LogP contribution in [0, 0.1) is 5.41 Å². The van der Waals surface area contributed by atoms with Gasteiger partial charge in [0, 0.05) is 18.8 Å². The van der Waals surface area contributed by atoms with Gasteiger partial charge in [0.1, 0.15) is 11.5 Å². The van der Waals surface area contributed by atoms with Crippen LogP contribution in [0.2, 0.25) is 0 Å². The molecule has 2 amide bonds. The lowest BCUT2D eigenvalue weighted by Crippen LogP contribution is -2.53. The first-order chi connectivity index (χ1) is 12.8. The Morgan fingerprint density at radius 2 is 1.56 bits per heavy atom. The van der Waals surface area contributed by atoms with Crippen LogP contribution in [0.15, 0.2) is 54.6 Å². The molecule has 144 valence electrons. The molecule has 0 radical (unpaired) electrons. The minimum atomic E-state index is -0.722. The summed E-state index contributed by atoms with van der Waals surface area (Å²) in [7, 11) is 0. The predicted molar refractivity (Wildman–Crippen MR) is 107 cm³/mol. The second kappa shape index (κ2) is 7.61. The average Bonchev–Trinajstić information content (AvgIpc) is 2.64. The van der Waals surface area contributed by atoms with E-state index in [2.05, 4.69) is 5.32 Å². The number of benzene rings is 2. The smallest absolute Gasteiger partial charge is 0.321 e. The number of amides is 2. The van der Waals surface area contributed by atoms with Gasteiger partial charge in [0.15, 0.2) is 0 Å². The number of likely N-dealkylation sites (tertiary alicyclic amines) is 1. The van der Waals surface area contributed by atoms with E-state index in [0.29, 0.717) is 31.7 Å². The summed E-state index contributed by atoms with van der Waals surface area (Å²) in [5.74, 6) is 1.49. The minimum absolute atomic E-state index is 0.136. The lowest BCUT2D eigenvalue weighted by atomic mass is 9.71. The van der Waals surface area contributed by atoms with E-state index < -0.39 is 5.60 Å². The highest BCUT2D eigenvalue weighted by Crippen LogP contribution is 2.38. The molecule has 1 aliphatic heterocycles. The van der Waals surface area contributed by atoms with Gasteiger partial charge < -0.3 is 20.1 Å². The Labute approximate surface area is 161 Å². The summed E-state index contributed by atoms with van der Waals surface area (Å²) in [5, 5.41) is 13.7. The summed E-state index contributed by atoms with van der Waals surface area (Å²) in [4.78, 5) is 14.3. The van der Waals surface area contributed by atoms with Crippen molar-refractivity contribution in [1.82, 2.24) is 4.90 Å². The van der Waals surface area contributed by atoms with Gasteiger partial charge in [-0.2, -0.15) is 0 Å². The van der Waals surface area contributed by atoms with Crippen LogP contribution >= 0.6 is 0 Å². The van der Waals surface area contributed by atoms with Gasteiger partial charge in [-0.1, -0.05) is 39.0 Å². The Morgan fingerprint density at radius 3 is 2.11 bits per heavy atom. The van der Waals surface area contributed by atoms with Crippen molar-refractivity contribution in [3.05, 3.63) is 54.6 Å². The topological polar surface area (TPSA) is 61.8 Å². The maximum absolute atomic E-state index is 12.5. The van der Waals surface area contributed by atoms with Crippen molar-refractivity contribution < 1.29 is 14.6 Å².